The number of nitrogens with zero attached hydrogens (tertiary/aromatic N) is 1. The highest BCUT2D eigenvalue weighted by Gasteiger charge is 2.36. The maximum atomic E-state index is 13.9. The summed E-state index contributed by atoms with van der Waals surface area (Å²) in [6, 6.07) is 2.65. The zero-order valence-corrected chi connectivity index (χ0v) is 26.6. The van der Waals surface area contributed by atoms with Crippen molar-refractivity contribution in [3.8, 4) is 28.7 Å². The van der Waals surface area contributed by atoms with Gasteiger partial charge in [-0.15, -0.1) is 13.2 Å². The number of anilines is 1. The summed E-state index contributed by atoms with van der Waals surface area (Å²) in [6.07, 6.45) is 6.81. The Morgan fingerprint density at radius 1 is 0.848 bits per heavy atom. The van der Waals surface area contributed by atoms with E-state index >= 15 is 0 Å². The molecule has 0 aliphatic heterocycles. The summed E-state index contributed by atoms with van der Waals surface area (Å²) in [6.45, 7) is 12.5. The number of phenols is 2. The van der Waals surface area contributed by atoms with Gasteiger partial charge in [-0.3, -0.25) is 14.6 Å². The van der Waals surface area contributed by atoms with Gasteiger partial charge in [0.1, 0.15) is 11.5 Å². The lowest BCUT2D eigenvalue weighted by molar-refractivity contribution is 0.373. The highest BCUT2D eigenvalue weighted by Crippen LogP contribution is 2.58. The lowest BCUT2D eigenvalue weighted by Crippen LogP contribution is -2.15. The van der Waals surface area contributed by atoms with Crippen LogP contribution in [0.25, 0.3) is 49.2 Å². The predicted molar refractivity (Wildman–Crippen MR) is 187 cm³/mol. The van der Waals surface area contributed by atoms with E-state index < -0.39 is 16.8 Å². The number of methoxy groups -OCH3 is 3. The molecule has 0 radical (unpaired) electrons. The van der Waals surface area contributed by atoms with Crippen molar-refractivity contribution in [3.63, 3.8) is 0 Å². The molecule has 0 spiro atoms. The van der Waals surface area contributed by atoms with Crippen molar-refractivity contribution in [1.82, 2.24) is 0 Å². The summed E-state index contributed by atoms with van der Waals surface area (Å²) in [5.41, 5.74) is 2.31. The first-order valence-electron chi connectivity index (χ1n) is 15.1. The van der Waals surface area contributed by atoms with Gasteiger partial charge in [-0.05, 0) is 32.1 Å². The molecule has 0 aromatic heterocycles. The van der Waals surface area contributed by atoms with Crippen molar-refractivity contribution in [2.75, 3.05) is 39.7 Å². The Morgan fingerprint density at radius 2 is 1.43 bits per heavy atom. The summed E-state index contributed by atoms with van der Waals surface area (Å²) in [5, 5.41) is 30.3. The standard InChI is InChI=1S/C37H36N2O7/c1-8-10-12-38-18(4)24-17(3)14-19-25-30-26(35(42)34(19)39-13-11-9-2)20(40)15-22(44-5)28(30)29-23(45-6)16-21(41)27-32(29)31(25)33(24)37(46-7)36(27)43/h8-9,14-16,24,39,42-43H,1-2,10-13H2,3-7H3. The van der Waals surface area contributed by atoms with E-state index in [1.54, 1.807) is 12.2 Å². The fourth-order valence-corrected chi connectivity index (χ4v) is 7.18. The Bertz CT molecular complexity index is 2270. The molecule has 0 saturated heterocycles. The largest absolute Gasteiger partial charge is 0.505 e. The zero-order chi connectivity index (χ0) is 33.0. The molecule has 0 bridgehead atoms. The Labute approximate surface area is 265 Å². The third kappa shape index (κ3) is 4.18. The molecular weight excluding hydrogens is 584 g/mol. The molecule has 9 heteroatoms. The molecule has 1 atom stereocenters. The fraction of sp³-hybridized carbons (Fsp3) is 0.270. The maximum Gasteiger partial charge on any atom is 0.194 e. The Kier molecular flexibility index (Phi) is 7.72. The van der Waals surface area contributed by atoms with Crippen molar-refractivity contribution >= 4 is 60.6 Å². The van der Waals surface area contributed by atoms with Crippen LogP contribution in [0, 0.1) is 0 Å². The minimum absolute atomic E-state index is 0.0539. The van der Waals surface area contributed by atoms with Crippen LogP contribution >= 0.6 is 0 Å². The molecule has 1 aliphatic carbocycles. The van der Waals surface area contributed by atoms with Crippen molar-refractivity contribution in [3.05, 3.63) is 74.6 Å². The summed E-state index contributed by atoms with van der Waals surface area (Å²) in [5.74, 6) is -0.371. The lowest BCUT2D eigenvalue weighted by atomic mass is 9.80. The first-order valence-corrected chi connectivity index (χ1v) is 15.1. The minimum atomic E-state index is -0.497. The summed E-state index contributed by atoms with van der Waals surface area (Å²) in [7, 11) is 4.37. The topological polar surface area (TPSA) is 127 Å². The van der Waals surface area contributed by atoms with Gasteiger partial charge >= 0.3 is 0 Å². The second-order valence-corrected chi connectivity index (χ2v) is 11.5. The monoisotopic (exact) mass is 620 g/mol. The van der Waals surface area contributed by atoms with Crippen LogP contribution in [0.3, 0.4) is 0 Å². The van der Waals surface area contributed by atoms with Crippen molar-refractivity contribution in [2.24, 2.45) is 4.99 Å². The quantitative estimate of drug-likeness (QED) is 0.0365. The number of ether oxygens (including phenoxy) is 3. The average Bonchev–Trinajstić information content (AvgIpc) is 3.16. The van der Waals surface area contributed by atoms with Gasteiger partial charge in [0.25, 0.3) is 0 Å². The normalized spacial score (nSPS) is 14.7. The van der Waals surface area contributed by atoms with Crippen LogP contribution in [-0.2, 0) is 0 Å². The van der Waals surface area contributed by atoms with Crippen LogP contribution in [0.1, 0.15) is 43.7 Å². The van der Waals surface area contributed by atoms with Gasteiger partial charge in [-0.1, -0.05) is 23.8 Å². The molecule has 1 unspecified atom stereocenters. The molecule has 9 nitrogen and oxygen atoms in total. The predicted octanol–water partition coefficient (Wildman–Crippen LogP) is 6.86. The molecule has 3 N–H and O–H groups in total. The Hall–Kier alpha value is -5.31. The zero-order valence-electron chi connectivity index (χ0n) is 26.6. The summed E-state index contributed by atoms with van der Waals surface area (Å²) < 4.78 is 17.5. The molecule has 236 valence electrons. The summed E-state index contributed by atoms with van der Waals surface area (Å²) >= 11 is 0. The molecular formula is C37H36N2O7. The molecule has 0 fully saturated rings. The van der Waals surface area contributed by atoms with Crippen LogP contribution < -0.4 is 30.4 Å². The number of allylic oxidation sites excluding steroid dienone is 1. The second-order valence-electron chi connectivity index (χ2n) is 11.5. The Morgan fingerprint density at radius 3 is 2.00 bits per heavy atom. The molecule has 0 amide bonds. The minimum Gasteiger partial charge on any atom is -0.505 e. The van der Waals surface area contributed by atoms with E-state index in [1.807, 2.05) is 19.9 Å². The van der Waals surface area contributed by atoms with Gasteiger partial charge in [0, 0.05) is 74.9 Å². The molecule has 0 heterocycles. The Balaban J connectivity index is 2.04. The molecule has 5 aromatic carbocycles. The molecule has 46 heavy (non-hydrogen) atoms. The van der Waals surface area contributed by atoms with Crippen LogP contribution in [0.4, 0.5) is 5.69 Å². The maximum absolute atomic E-state index is 13.9. The number of hydrogen-bond donors (Lipinski definition) is 3. The number of benzene rings is 5. The van der Waals surface area contributed by atoms with E-state index in [0.717, 1.165) is 11.3 Å². The van der Waals surface area contributed by atoms with Gasteiger partial charge in [-0.2, -0.15) is 0 Å². The number of fused-ring (bicyclic) bond motifs is 1. The van der Waals surface area contributed by atoms with E-state index in [-0.39, 0.29) is 39.5 Å². The van der Waals surface area contributed by atoms with Gasteiger partial charge in [0.2, 0.25) is 0 Å². The molecule has 0 saturated carbocycles. The van der Waals surface area contributed by atoms with Crippen molar-refractivity contribution < 1.29 is 24.4 Å². The SMILES string of the molecule is C=CCCN=C(C)C1C(C)=Cc2c(NCCC=C)c(O)c3c(=O)cc(OC)c4c5c(OC)cc(=O)c6c(O)c(OC)c1c(c2c34)c65. The van der Waals surface area contributed by atoms with E-state index in [1.165, 1.54) is 33.5 Å². The third-order valence-electron chi connectivity index (χ3n) is 9.01. The molecule has 1 aliphatic rings. The number of hydrogen-bond acceptors (Lipinski definition) is 9. The highest BCUT2D eigenvalue weighted by molar-refractivity contribution is 6.40. The number of aromatic hydroxyl groups is 2. The van der Waals surface area contributed by atoms with E-state index in [0.29, 0.717) is 75.1 Å². The fourth-order valence-electron chi connectivity index (χ4n) is 7.18. The number of nitrogens with one attached hydrogen (secondary N) is 1. The molecule has 6 rings (SSSR count). The van der Waals surface area contributed by atoms with Crippen molar-refractivity contribution in [1.29, 1.82) is 0 Å². The second kappa shape index (κ2) is 11.6. The van der Waals surface area contributed by atoms with Crippen LogP contribution in [0.2, 0.25) is 0 Å². The van der Waals surface area contributed by atoms with Crippen molar-refractivity contribution in [2.45, 2.75) is 32.6 Å². The lowest BCUT2D eigenvalue weighted by Gasteiger charge is -2.26. The molecule has 5 aromatic rings. The third-order valence-corrected chi connectivity index (χ3v) is 9.01. The van der Waals surface area contributed by atoms with Gasteiger partial charge in [-0.25, -0.2) is 0 Å². The van der Waals surface area contributed by atoms with Gasteiger partial charge in [0.15, 0.2) is 28.1 Å². The number of phenolic OH excluding ortho intramolecular Hbond substituents is 2. The summed E-state index contributed by atoms with van der Waals surface area (Å²) in [4.78, 5) is 32.6. The van der Waals surface area contributed by atoms with Gasteiger partial charge in [0.05, 0.1) is 37.8 Å². The van der Waals surface area contributed by atoms with Crippen LogP contribution in [0.15, 0.2) is 57.6 Å². The first-order chi connectivity index (χ1) is 22.2. The van der Waals surface area contributed by atoms with E-state index in [2.05, 4.69) is 18.5 Å². The van der Waals surface area contributed by atoms with Crippen LogP contribution in [0.5, 0.6) is 28.7 Å². The van der Waals surface area contributed by atoms with Gasteiger partial charge < -0.3 is 29.7 Å². The first kappa shape index (κ1) is 30.7. The number of aliphatic imine (C=N–C) groups is 1. The van der Waals surface area contributed by atoms with E-state index in [4.69, 9.17) is 19.2 Å². The number of rotatable bonds is 11. The van der Waals surface area contributed by atoms with Crippen LogP contribution in [-0.4, -0.2) is 50.3 Å². The van der Waals surface area contributed by atoms with E-state index in [9.17, 15) is 19.8 Å². The highest BCUT2D eigenvalue weighted by atomic mass is 16.5. The average molecular weight is 621 g/mol. The smallest absolute Gasteiger partial charge is 0.194 e.